The lowest BCUT2D eigenvalue weighted by Crippen LogP contribution is -2.39. The molecule has 0 saturated carbocycles. The average Bonchev–Trinajstić information content (AvgIpc) is 3.17. The molecule has 1 unspecified atom stereocenters. The summed E-state index contributed by atoms with van der Waals surface area (Å²) in [6.45, 7) is 2.54. The van der Waals surface area contributed by atoms with Gasteiger partial charge in [0.1, 0.15) is 5.82 Å². The minimum Gasteiger partial charge on any atom is -0.331 e. The molecule has 0 fully saturated rings. The summed E-state index contributed by atoms with van der Waals surface area (Å²) in [5, 5.41) is 10.9. The number of rotatable bonds is 7. The fourth-order valence-corrected chi connectivity index (χ4v) is 3.15. The lowest BCUT2D eigenvalue weighted by molar-refractivity contribution is 0.205. The molecule has 0 spiro atoms. The zero-order valence-electron chi connectivity index (χ0n) is 16.5. The number of benzene rings is 2. The molecule has 1 heterocycles. The predicted octanol–water partition coefficient (Wildman–Crippen LogP) is 5.20. The number of hydrogen-bond donors (Lipinski definition) is 2. The van der Waals surface area contributed by atoms with Crippen LogP contribution in [0.25, 0.3) is 11.3 Å². The largest absolute Gasteiger partial charge is 0.331 e. The molecular formula is C22H24ClFN4O. The van der Waals surface area contributed by atoms with Crippen molar-refractivity contribution in [2.45, 2.75) is 25.8 Å². The lowest BCUT2D eigenvalue weighted by Gasteiger charge is -2.21. The summed E-state index contributed by atoms with van der Waals surface area (Å²) < 4.78 is 13.4. The Morgan fingerprint density at radius 3 is 2.72 bits per heavy atom. The van der Waals surface area contributed by atoms with Crippen LogP contribution in [0.15, 0.2) is 54.6 Å². The number of nitrogens with one attached hydrogen (secondary N) is 2. The van der Waals surface area contributed by atoms with Crippen LogP contribution in [0.1, 0.15) is 30.6 Å². The summed E-state index contributed by atoms with van der Waals surface area (Å²) in [5.74, 6) is -0.285. The van der Waals surface area contributed by atoms with Crippen LogP contribution in [0, 0.1) is 5.82 Å². The second-order valence-corrected chi connectivity index (χ2v) is 7.47. The topological polar surface area (TPSA) is 61.0 Å². The third-order valence-electron chi connectivity index (χ3n) is 4.75. The van der Waals surface area contributed by atoms with Gasteiger partial charge in [0.2, 0.25) is 0 Å². The van der Waals surface area contributed by atoms with E-state index in [1.807, 2.05) is 43.3 Å². The van der Waals surface area contributed by atoms with Crippen molar-refractivity contribution in [3.63, 3.8) is 0 Å². The first-order chi connectivity index (χ1) is 13.9. The van der Waals surface area contributed by atoms with Gasteiger partial charge < -0.3 is 10.2 Å². The molecule has 3 aromatic rings. The SMILES string of the molecule is CC(NC(=O)N(C)CCCc1cc(-c2cccc(F)c2)n[nH]1)c1ccc(Cl)cc1. The quantitative estimate of drug-likeness (QED) is 0.557. The third-order valence-corrected chi connectivity index (χ3v) is 5.00. The molecule has 5 nitrogen and oxygen atoms in total. The van der Waals surface area contributed by atoms with E-state index < -0.39 is 0 Å². The van der Waals surface area contributed by atoms with E-state index in [1.165, 1.54) is 12.1 Å². The van der Waals surface area contributed by atoms with E-state index in [4.69, 9.17) is 11.6 Å². The van der Waals surface area contributed by atoms with Gasteiger partial charge in [-0.05, 0) is 55.7 Å². The van der Waals surface area contributed by atoms with Crippen molar-refractivity contribution in [2.24, 2.45) is 0 Å². The van der Waals surface area contributed by atoms with Crippen LogP contribution in [-0.2, 0) is 6.42 Å². The number of hydrogen-bond acceptors (Lipinski definition) is 2. The molecular weight excluding hydrogens is 391 g/mol. The molecule has 0 aliphatic carbocycles. The first-order valence-electron chi connectivity index (χ1n) is 9.49. The van der Waals surface area contributed by atoms with Gasteiger partial charge >= 0.3 is 6.03 Å². The first kappa shape index (κ1) is 20.9. The standard InChI is InChI=1S/C22H24ClFN4O/c1-15(16-8-10-18(23)11-9-16)25-22(29)28(2)12-4-7-20-14-21(27-26-20)17-5-3-6-19(24)13-17/h3,5-6,8-11,13-15H,4,7,12H2,1-2H3,(H,25,29)(H,26,27). The van der Waals surface area contributed by atoms with Gasteiger partial charge in [-0.25, -0.2) is 9.18 Å². The molecule has 0 aliphatic rings. The highest BCUT2D eigenvalue weighted by molar-refractivity contribution is 6.30. The second kappa shape index (κ2) is 9.56. The predicted molar refractivity (Wildman–Crippen MR) is 113 cm³/mol. The van der Waals surface area contributed by atoms with E-state index in [1.54, 1.807) is 18.0 Å². The van der Waals surface area contributed by atoms with Crippen molar-refractivity contribution in [2.75, 3.05) is 13.6 Å². The number of aromatic nitrogens is 2. The Kier molecular flexibility index (Phi) is 6.88. The number of halogens is 2. The van der Waals surface area contributed by atoms with Crippen molar-refractivity contribution in [1.29, 1.82) is 0 Å². The van der Waals surface area contributed by atoms with Crippen LogP contribution in [0.2, 0.25) is 5.02 Å². The third kappa shape index (κ3) is 5.81. The normalized spacial score (nSPS) is 11.9. The number of urea groups is 1. The Morgan fingerprint density at radius 2 is 2.00 bits per heavy atom. The Bertz CT molecular complexity index is 957. The monoisotopic (exact) mass is 414 g/mol. The van der Waals surface area contributed by atoms with E-state index in [9.17, 15) is 9.18 Å². The van der Waals surface area contributed by atoms with E-state index >= 15 is 0 Å². The molecule has 0 saturated heterocycles. The molecule has 1 aromatic heterocycles. The summed E-state index contributed by atoms with van der Waals surface area (Å²) >= 11 is 5.90. The highest BCUT2D eigenvalue weighted by atomic mass is 35.5. The fourth-order valence-electron chi connectivity index (χ4n) is 3.02. The molecule has 2 amide bonds. The second-order valence-electron chi connectivity index (χ2n) is 7.04. The van der Waals surface area contributed by atoms with Gasteiger partial charge in [0.25, 0.3) is 0 Å². The van der Waals surface area contributed by atoms with E-state index in [0.717, 1.165) is 29.7 Å². The van der Waals surface area contributed by atoms with Gasteiger partial charge in [-0.1, -0.05) is 35.9 Å². The maximum Gasteiger partial charge on any atom is 0.317 e. The minimum atomic E-state index is -0.285. The average molecular weight is 415 g/mol. The van der Waals surface area contributed by atoms with Crippen molar-refractivity contribution >= 4 is 17.6 Å². The maximum atomic E-state index is 13.4. The van der Waals surface area contributed by atoms with E-state index in [2.05, 4.69) is 15.5 Å². The molecule has 0 radical (unpaired) electrons. The van der Waals surface area contributed by atoms with Crippen molar-refractivity contribution < 1.29 is 9.18 Å². The van der Waals surface area contributed by atoms with Gasteiger partial charge in [-0.15, -0.1) is 0 Å². The number of amides is 2. The zero-order chi connectivity index (χ0) is 20.8. The lowest BCUT2D eigenvalue weighted by atomic mass is 10.1. The van der Waals surface area contributed by atoms with Gasteiger partial charge in [0, 0.05) is 29.9 Å². The number of carbonyl (C=O) groups excluding carboxylic acids is 1. The summed E-state index contributed by atoms with van der Waals surface area (Å²) in [7, 11) is 1.77. The molecule has 7 heteroatoms. The number of nitrogens with zero attached hydrogens (tertiary/aromatic N) is 2. The molecule has 29 heavy (non-hydrogen) atoms. The summed E-state index contributed by atoms with van der Waals surface area (Å²) in [5.41, 5.74) is 3.40. The molecule has 0 aliphatic heterocycles. The maximum absolute atomic E-state index is 13.4. The molecule has 0 bridgehead atoms. The Morgan fingerprint density at radius 1 is 1.24 bits per heavy atom. The Hall–Kier alpha value is -2.86. The number of aromatic amines is 1. The first-order valence-corrected chi connectivity index (χ1v) is 9.87. The summed E-state index contributed by atoms with van der Waals surface area (Å²) in [4.78, 5) is 14.1. The number of H-pyrrole nitrogens is 1. The van der Waals surface area contributed by atoms with Crippen LogP contribution < -0.4 is 5.32 Å². The van der Waals surface area contributed by atoms with Gasteiger partial charge in [-0.2, -0.15) is 5.10 Å². The summed E-state index contributed by atoms with van der Waals surface area (Å²) in [6, 6.07) is 15.5. The van der Waals surface area contributed by atoms with Crippen molar-refractivity contribution in [3.05, 3.63) is 76.7 Å². The molecule has 3 rings (SSSR count). The molecule has 2 aromatic carbocycles. The zero-order valence-corrected chi connectivity index (χ0v) is 17.2. The van der Waals surface area contributed by atoms with E-state index in [-0.39, 0.29) is 17.9 Å². The highest BCUT2D eigenvalue weighted by Crippen LogP contribution is 2.19. The minimum absolute atomic E-state index is 0.108. The number of carbonyl (C=O) groups is 1. The van der Waals surface area contributed by atoms with Gasteiger partial charge in [0.15, 0.2) is 0 Å². The van der Waals surface area contributed by atoms with Crippen LogP contribution in [0.4, 0.5) is 9.18 Å². The van der Waals surface area contributed by atoms with Crippen molar-refractivity contribution in [3.8, 4) is 11.3 Å². The van der Waals surface area contributed by atoms with Crippen LogP contribution in [0.3, 0.4) is 0 Å². The smallest absolute Gasteiger partial charge is 0.317 e. The molecule has 2 N–H and O–H groups in total. The van der Waals surface area contributed by atoms with Crippen LogP contribution in [-0.4, -0.2) is 34.7 Å². The molecule has 152 valence electrons. The van der Waals surface area contributed by atoms with Gasteiger partial charge in [-0.3, -0.25) is 5.10 Å². The highest BCUT2D eigenvalue weighted by Gasteiger charge is 2.13. The van der Waals surface area contributed by atoms with Gasteiger partial charge in [0.05, 0.1) is 11.7 Å². The molecule has 1 atom stereocenters. The fraction of sp³-hybridized carbons (Fsp3) is 0.273. The Balaban J connectivity index is 1.46. The van der Waals surface area contributed by atoms with Crippen LogP contribution in [0.5, 0.6) is 0 Å². The Labute approximate surface area is 174 Å². The number of aryl methyl sites for hydroxylation is 1. The summed E-state index contributed by atoms with van der Waals surface area (Å²) in [6.07, 6.45) is 1.52. The van der Waals surface area contributed by atoms with Crippen molar-refractivity contribution in [1.82, 2.24) is 20.4 Å². The van der Waals surface area contributed by atoms with Crippen LogP contribution >= 0.6 is 11.6 Å². The van der Waals surface area contributed by atoms with E-state index in [0.29, 0.717) is 17.3 Å².